The molecule has 3 N–H and O–H groups in total. The number of aromatic nitrogens is 1. The topological polar surface area (TPSA) is 74.7 Å². The van der Waals surface area contributed by atoms with Crippen LogP contribution in [0, 0.1) is 11.8 Å². The lowest BCUT2D eigenvalue weighted by Crippen LogP contribution is -2.22. The van der Waals surface area contributed by atoms with Crippen molar-refractivity contribution in [3.8, 4) is 0 Å². The van der Waals surface area contributed by atoms with Crippen LogP contribution in [0.2, 0.25) is 0 Å². The standard InChI is InChI=1S/C13H20N4O/c1-9(2)10-5-6-17(8-10)11-3-4-12(15-7-11)13(14)16-18/h3-4,7,9-10,18H,5-6,8H2,1-2H3,(H2,14,16). The van der Waals surface area contributed by atoms with E-state index in [2.05, 4.69) is 28.9 Å². The number of oxime groups is 1. The average molecular weight is 248 g/mol. The largest absolute Gasteiger partial charge is 0.409 e. The van der Waals surface area contributed by atoms with E-state index in [9.17, 15) is 0 Å². The molecule has 1 aliphatic rings. The second kappa shape index (κ2) is 5.25. The number of amidine groups is 1. The molecule has 0 amide bonds. The molecule has 98 valence electrons. The molecule has 1 aromatic rings. The van der Waals surface area contributed by atoms with E-state index in [1.54, 1.807) is 12.3 Å². The van der Waals surface area contributed by atoms with Gasteiger partial charge in [-0.1, -0.05) is 19.0 Å². The third-order valence-electron chi connectivity index (χ3n) is 3.65. The Morgan fingerprint density at radius 1 is 1.56 bits per heavy atom. The third kappa shape index (κ3) is 2.55. The Labute approximate surface area is 107 Å². The van der Waals surface area contributed by atoms with Crippen LogP contribution in [0.5, 0.6) is 0 Å². The molecule has 1 aliphatic heterocycles. The van der Waals surface area contributed by atoms with Gasteiger partial charge in [-0.15, -0.1) is 0 Å². The van der Waals surface area contributed by atoms with Crippen molar-refractivity contribution in [2.24, 2.45) is 22.7 Å². The Hall–Kier alpha value is -1.78. The molecule has 1 unspecified atom stereocenters. The first-order chi connectivity index (χ1) is 8.61. The second-order valence-electron chi connectivity index (χ2n) is 5.13. The third-order valence-corrected chi connectivity index (χ3v) is 3.65. The lowest BCUT2D eigenvalue weighted by molar-refractivity contribution is 0.318. The summed E-state index contributed by atoms with van der Waals surface area (Å²) in [4.78, 5) is 6.55. The highest BCUT2D eigenvalue weighted by Crippen LogP contribution is 2.27. The van der Waals surface area contributed by atoms with E-state index in [1.165, 1.54) is 6.42 Å². The molecule has 2 heterocycles. The van der Waals surface area contributed by atoms with Gasteiger partial charge in [-0.3, -0.25) is 4.98 Å². The van der Waals surface area contributed by atoms with Gasteiger partial charge >= 0.3 is 0 Å². The van der Waals surface area contributed by atoms with E-state index in [-0.39, 0.29) is 5.84 Å². The fourth-order valence-electron chi connectivity index (χ4n) is 2.34. The maximum atomic E-state index is 8.58. The normalized spacial score (nSPS) is 20.7. The molecule has 5 heteroatoms. The minimum absolute atomic E-state index is 0.0445. The van der Waals surface area contributed by atoms with Crippen molar-refractivity contribution in [2.45, 2.75) is 20.3 Å². The van der Waals surface area contributed by atoms with Gasteiger partial charge in [0.2, 0.25) is 0 Å². The second-order valence-corrected chi connectivity index (χ2v) is 5.13. The smallest absolute Gasteiger partial charge is 0.188 e. The van der Waals surface area contributed by atoms with Gasteiger partial charge in [0, 0.05) is 13.1 Å². The van der Waals surface area contributed by atoms with Gasteiger partial charge < -0.3 is 15.8 Å². The van der Waals surface area contributed by atoms with Crippen molar-refractivity contribution >= 4 is 11.5 Å². The van der Waals surface area contributed by atoms with Crippen molar-refractivity contribution in [1.29, 1.82) is 0 Å². The van der Waals surface area contributed by atoms with Crippen LogP contribution in [-0.4, -0.2) is 29.1 Å². The summed E-state index contributed by atoms with van der Waals surface area (Å²) in [6.07, 6.45) is 3.02. The molecule has 5 nitrogen and oxygen atoms in total. The molecule has 1 aromatic heterocycles. The van der Waals surface area contributed by atoms with Crippen LogP contribution in [0.15, 0.2) is 23.5 Å². The molecule has 18 heavy (non-hydrogen) atoms. The minimum atomic E-state index is 0.0445. The average Bonchev–Trinajstić information content (AvgIpc) is 2.88. The first-order valence-electron chi connectivity index (χ1n) is 6.30. The predicted octanol–water partition coefficient (Wildman–Crippen LogP) is 1.66. The van der Waals surface area contributed by atoms with Gasteiger partial charge in [-0.2, -0.15) is 0 Å². The van der Waals surface area contributed by atoms with Crippen LogP contribution < -0.4 is 10.6 Å². The van der Waals surface area contributed by atoms with Gasteiger partial charge in [0.25, 0.3) is 0 Å². The van der Waals surface area contributed by atoms with Gasteiger partial charge in [-0.05, 0) is 30.4 Å². The highest BCUT2D eigenvalue weighted by Gasteiger charge is 2.25. The van der Waals surface area contributed by atoms with Crippen molar-refractivity contribution in [1.82, 2.24) is 4.98 Å². The maximum Gasteiger partial charge on any atom is 0.188 e. The van der Waals surface area contributed by atoms with E-state index < -0.39 is 0 Å². The fraction of sp³-hybridized carbons (Fsp3) is 0.538. The van der Waals surface area contributed by atoms with Crippen LogP contribution in [0.25, 0.3) is 0 Å². The van der Waals surface area contributed by atoms with E-state index in [0.717, 1.165) is 30.6 Å². The van der Waals surface area contributed by atoms with Crippen molar-refractivity contribution in [3.05, 3.63) is 24.0 Å². The molecule has 1 fully saturated rings. The predicted molar refractivity (Wildman–Crippen MR) is 71.9 cm³/mol. The summed E-state index contributed by atoms with van der Waals surface area (Å²) in [5.41, 5.74) is 7.09. The number of pyridine rings is 1. The molecule has 0 aromatic carbocycles. The Kier molecular flexibility index (Phi) is 3.69. The first-order valence-corrected chi connectivity index (χ1v) is 6.30. The molecule has 0 bridgehead atoms. The zero-order valence-electron chi connectivity index (χ0n) is 10.9. The van der Waals surface area contributed by atoms with Crippen LogP contribution in [0.1, 0.15) is 26.0 Å². The van der Waals surface area contributed by atoms with E-state index >= 15 is 0 Å². The van der Waals surface area contributed by atoms with Gasteiger partial charge in [-0.25, -0.2) is 0 Å². The molecular weight excluding hydrogens is 228 g/mol. The van der Waals surface area contributed by atoms with E-state index in [4.69, 9.17) is 10.9 Å². The molecule has 0 radical (unpaired) electrons. The SMILES string of the molecule is CC(C)C1CCN(c2ccc(/C(N)=N/O)nc2)C1. The van der Waals surface area contributed by atoms with E-state index in [0.29, 0.717) is 5.69 Å². The monoisotopic (exact) mass is 248 g/mol. The van der Waals surface area contributed by atoms with Crippen molar-refractivity contribution < 1.29 is 5.21 Å². The summed E-state index contributed by atoms with van der Waals surface area (Å²) in [6, 6.07) is 3.76. The molecular formula is C13H20N4O. The molecule has 1 saturated heterocycles. The summed E-state index contributed by atoms with van der Waals surface area (Å²) >= 11 is 0. The summed E-state index contributed by atoms with van der Waals surface area (Å²) in [7, 11) is 0. The van der Waals surface area contributed by atoms with E-state index in [1.807, 2.05) is 6.07 Å². The van der Waals surface area contributed by atoms with Crippen molar-refractivity contribution in [3.63, 3.8) is 0 Å². The lowest BCUT2D eigenvalue weighted by Gasteiger charge is -2.19. The Bertz CT molecular complexity index is 427. The fourth-order valence-corrected chi connectivity index (χ4v) is 2.34. The Balaban J connectivity index is 2.07. The summed E-state index contributed by atoms with van der Waals surface area (Å²) in [5.74, 6) is 1.52. The maximum absolute atomic E-state index is 8.58. The van der Waals surface area contributed by atoms with Crippen LogP contribution in [0.3, 0.4) is 0 Å². The summed E-state index contributed by atoms with van der Waals surface area (Å²) < 4.78 is 0. The highest BCUT2D eigenvalue weighted by atomic mass is 16.4. The number of hydrogen-bond donors (Lipinski definition) is 2. The van der Waals surface area contributed by atoms with Gasteiger partial charge in [0.05, 0.1) is 11.9 Å². The van der Waals surface area contributed by atoms with Crippen LogP contribution in [-0.2, 0) is 0 Å². The Morgan fingerprint density at radius 3 is 2.83 bits per heavy atom. The number of nitrogens with zero attached hydrogens (tertiary/aromatic N) is 3. The van der Waals surface area contributed by atoms with Gasteiger partial charge in [0.1, 0.15) is 5.69 Å². The lowest BCUT2D eigenvalue weighted by atomic mass is 9.95. The number of nitrogens with two attached hydrogens (primary N) is 1. The zero-order chi connectivity index (χ0) is 13.1. The van der Waals surface area contributed by atoms with Gasteiger partial charge in [0.15, 0.2) is 5.84 Å². The Morgan fingerprint density at radius 2 is 2.33 bits per heavy atom. The number of hydrogen-bond acceptors (Lipinski definition) is 4. The summed E-state index contributed by atoms with van der Waals surface area (Å²) in [5, 5.41) is 11.5. The molecule has 2 rings (SSSR count). The highest BCUT2D eigenvalue weighted by molar-refractivity contribution is 5.95. The van der Waals surface area contributed by atoms with Crippen LogP contribution in [0.4, 0.5) is 5.69 Å². The zero-order valence-corrected chi connectivity index (χ0v) is 10.9. The quantitative estimate of drug-likeness (QED) is 0.369. The molecule has 1 atom stereocenters. The molecule has 0 saturated carbocycles. The number of anilines is 1. The van der Waals surface area contributed by atoms with Crippen LogP contribution >= 0.6 is 0 Å². The first kappa shape index (κ1) is 12.7. The summed E-state index contributed by atoms with van der Waals surface area (Å²) in [6.45, 7) is 6.71. The van der Waals surface area contributed by atoms with Crippen molar-refractivity contribution in [2.75, 3.05) is 18.0 Å². The molecule has 0 spiro atoms. The number of rotatable bonds is 3. The molecule has 0 aliphatic carbocycles. The minimum Gasteiger partial charge on any atom is -0.409 e.